The van der Waals surface area contributed by atoms with Gasteiger partial charge in [-0.25, -0.2) is 0 Å². The first-order chi connectivity index (χ1) is 9.60. The van der Waals surface area contributed by atoms with Crippen LogP contribution in [0.2, 0.25) is 0 Å². The Morgan fingerprint density at radius 3 is 2.50 bits per heavy atom. The van der Waals surface area contributed by atoms with Gasteiger partial charge in [0.2, 0.25) is 0 Å². The minimum absolute atomic E-state index is 0.666. The predicted molar refractivity (Wildman–Crippen MR) is 91.3 cm³/mol. The Hall–Kier alpha value is -0.0600. The van der Waals surface area contributed by atoms with E-state index in [-0.39, 0.29) is 0 Å². The number of rotatable bonds is 4. The molecule has 112 valence electrons. The van der Waals surface area contributed by atoms with E-state index in [1.54, 1.807) is 7.11 Å². The van der Waals surface area contributed by atoms with Gasteiger partial charge in [-0.05, 0) is 74.7 Å². The molecule has 0 aromatic heterocycles. The minimum atomic E-state index is 0.666. The lowest BCUT2D eigenvalue weighted by Crippen LogP contribution is -2.28. The summed E-state index contributed by atoms with van der Waals surface area (Å²) in [5.41, 5.74) is 1.28. The van der Waals surface area contributed by atoms with Gasteiger partial charge >= 0.3 is 0 Å². The van der Waals surface area contributed by atoms with Crippen molar-refractivity contribution in [1.82, 2.24) is 5.32 Å². The van der Waals surface area contributed by atoms with Crippen LogP contribution in [0.4, 0.5) is 0 Å². The van der Waals surface area contributed by atoms with E-state index in [9.17, 15) is 0 Å². The lowest BCUT2D eigenvalue weighted by molar-refractivity contribution is 0.408. The fourth-order valence-corrected chi connectivity index (χ4v) is 4.47. The molecule has 0 amide bonds. The SMILES string of the molecule is COc1c(Br)cc(CNC2CCCC(C)CC2)cc1Br. The lowest BCUT2D eigenvalue weighted by atomic mass is 10.0. The Bertz CT molecular complexity index is 427. The summed E-state index contributed by atoms with van der Waals surface area (Å²) in [7, 11) is 1.69. The third-order valence-corrected chi connectivity index (χ3v) is 5.29. The van der Waals surface area contributed by atoms with Gasteiger partial charge in [-0.15, -0.1) is 0 Å². The molecule has 1 aromatic rings. The molecule has 2 nitrogen and oxygen atoms in total. The smallest absolute Gasteiger partial charge is 0.147 e. The van der Waals surface area contributed by atoms with E-state index < -0.39 is 0 Å². The maximum atomic E-state index is 5.34. The molecule has 0 radical (unpaired) electrons. The number of benzene rings is 1. The van der Waals surface area contributed by atoms with Crippen molar-refractivity contribution in [3.8, 4) is 5.75 Å². The van der Waals surface area contributed by atoms with Crippen molar-refractivity contribution in [2.24, 2.45) is 5.92 Å². The predicted octanol–water partition coefficient (Wildman–Crippen LogP) is 5.28. The molecule has 0 saturated heterocycles. The Kier molecular flexibility index (Phi) is 6.37. The van der Waals surface area contributed by atoms with Crippen LogP contribution in [0.15, 0.2) is 21.1 Å². The van der Waals surface area contributed by atoms with Gasteiger partial charge in [0, 0.05) is 12.6 Å². The Labute approximate surface area is 138 Å². The van der Waals surface area contributed by atoms with Crippen LogP contribution in [0.3, 0.4) is 0 Å². The summed E-state index contributed by atoms with van der Waals surface area (Å²) >= 11 is 7.12. The van der Waals surface area contributed by atoms with E-state index in [0.717, 1.165) is 27.2 Å². The zero-order valence-corrected chi connectivity index (χ0v) is 15.4. The molecule has 2 rings (SSSR count). The number of hydrogen-bond acceptors (Lipinski definition) is 2. The van der Waals surface area contributed by atoms with E-state index in [1.165, 1.54) is 37.7 Å². The molecule has 2 atom stereocenters. The molecule has 0 aliphatic heterocycles. The molecule has 1 aliphatic rings. The maximum Gasteiger partial charge on any atom is 0.147 e. The zero-order chi connectivity index (χ0) is 14.5. The largest absolute Gasteiger partial charge is 0.494 e. The summed E-state index contributed by atoms with van der Waals surface area (Å²) in [6.07, 6.45) is 6.71. The number of methoxy groups -OCH3 is 1. The first-order valence-corrected chi connectivity index (χ1v) is 8.94. The van der Waals surface area contributed by atoms with E-state index >= 15 is 0 Å². The molecular formula is C16H23Br2NO. The summed E-state index contributed by atoms with van der Waals surface area (Å²) in [6, 6.07) is 4.94. The second-order valence-corrected chi connectivity index (χ2v) is 7.49. The summed E-state index contributed by atoms with van der Waals surface area (Å²) in [5.74, 6) is 1.75. The zero-order valence-electron chi connectivity index (χ0n) is 12.2. The average molecular weight is 405 g/mol. The van der Waals surface area contributed by atoms with Crippen LogP contribution in [-0.4, -0.2) is 13.2 Å². The molecule has 1 saturated carbocycles. The van der Waals surface area contributed by atoms with Crippen molar-refractivity contribution < 1.29 is 4.74 Å². The van der Waals surface area contributed by atoms with Crippen molar-refractivity contribution in [3.05, 3.63) is 26.6 Å². The van der Waals surface area contributed by atoms with Crippen LogP contribution in [0.25, 0.3) is 0 Å². The fraction of sp³-hybridized carbons (Fsp3) is 0.625. The first kappa shape index (κ1) is 16.3. The number of halogens is 2. The lowest BCUT2D eigenvalue weighted by Gasteiger charge is -2.17. The van der Waals surface area contributed by atoms with Gasteiger partial charge in [-0.2, -0.15) is 0 Å². The quantitative estimate of drug-likeness (QED) is 0.689. The molecule has 20 heavy (non-hydrogen) atoms. The molecule has 2 unspecified atom stereocenters. The number of ether oxygens (including phenoxy) is 1. The summed E-state index contributed by atoms with van der Waals surface area (Å²) < 4.78 is 7.34. The monoisotopic (exact) mass is 403 g/mol. The Morgan fingerprint density at radius 1 is 1.15 bits per heavy atom. The van der Waals surface area contributed by atoms with Crippen molar-refractivity contribution >= 4 is 31.9 Å². The molecule has 1 aromatic carbocycles. The maximum absolute atomic E-state index is 5.34. The minimum Gasteiger partial charge on any atom is -0.494 e. The molecule has 1 aliphatic carbocycles. The van der Waals surface area contributed by atoms with Crippen LogP contribution in [0.1, 0.15) is 44.6 Å². The average Bonchev–Trinajstić information content (AvgIpc) is 2.61. The van der Waals surface area contributed by atoms with Crippen LogP contribution in [0.5, 0.6) is 5.75 Å². The van der Waals surface area contributed by atoms with E-state index in [4.69, 9.17) is 4.74 Å². The number of hydrogen-bond donors (Lipinski definition) is 1. The van der Waals surface area contributed by atoms with Crippen LogP contribution in [-0.2, 0) is 6.54 Å². The van der Waals surface area contributed by atoms with Gasteiger partial charge in [0.1, 0.15) is 5.75 Å². The van der Waals surface area contributed by atoms with Gasteiger partial charge in [0.05, 0.1) is 16.1 Å². The molecule has 1 N–H and O–H groups in total. The van der Waals surface area contributed by atoms with Crippen LogP contribution < -0.4 is 10.1 Å². The molecule has 0 spiro atoms. The second-order valence-electron chi connectivity index (χ2n) is 5.78. The highest BCUT2D eigenvalue weighted by atomic mass is 79.9. The van der Waals surface area contributed by atoms with Crippen molar-refractivity contribution in [2.75, 3.05) is 7.11 Å². The van der Waals surface area contributed by atoms with E-state index in [1.807, 2.05) is 0 Å². The highest BCUT2D eigenvalue weighted by Gasteiger charge is 2.16. The van der Waals surface area contributed by atoms with Gasteiger partial charge in [0.15, 0.2) is 0 Å². The molecule has 0 heterocycles. The molecule has 0 bridgehead atoms. The fourth-order valence-electron chi connectivity index (χ4n) is 2.86. The van der Waals surface area contributed by atoms with Crippen molar-refractivity contribution in [1.29, 1.82) is 0 Å². The topological polar surface area (TPSA) is 21.3 Å². The first-order valence-electron chi connectivity index (χ1n) is 7.35. The van der Waals surface area contributed by atoms with Gasteiger partial charge in [0.25, 0.3) is 0 Å². The molecular weight excluding hydrogens is 382 g/mol. The van der Waals surface area contributed by atoms with E-state index in [0.29, 0.717) is 6.04 Å². The highest BCUT2D eigenvalue weighted by Crippen LogP contribution is 2.34. The van der Waals surface area contributed by atoms with Crippen molar-refractivity contribution in [2.45, 2.75) is 51.6 Å². The number of nitrogens with one attached hydrogen (secondary N) is 1. The van der Waals surface area contributed by atoms with E-state index in [2.05, 4.69) is 56.2 Å². The van der Waals surface area contributed by atoms with Gasteiger partial charge in [-0.1, -0.05) is 19.8 Å². The summed E-state index contributed by atoms with van der Waals surface area (Å²) in [5, 5.41) is 3.71. The highest BCUT2D eigenvalue weighted by molar-refractivity contribution is 9.11. The summed E-state index contributed by atoms with van der Waals surface area (Å²) in [6.45, 7) is 3.29. The van der Waals surface area contributed by atoms with Crippen molar-refractivity contribution in [3.63, 3.8) is 0 Å². The van der Waals surface area contributed by atoms with Gasteiger partial charge < -0.3 is 10.1 Å². The van der Waals surface area contributed by atoms with Crippen LogP contribution >= 0.6 is 31.9 Å². The van der Waals surface area contributed by atoms with Crippen LogP contribution in [0, 0.1) is 5.92 Å². The standard InChI is InChI=1S/C16H23Br2NO/c1-11-4-3-5-13(7-6-11)19-10-12-8-14(17)16(20-2)15(18)9-12/h8-9,11,13,19H,3-7,10H2,1-2H3. The second kappa shape index (κ2) is 7.81. The third kappa shape index (κ3) is 4.47. The Morgan fingerprint density at radius 2 is 1.85 bits per heavy atom. The molecule has 1 fully saturated rings. The molecule has 4 heteroatoms. The van der Waals surface area contributed by atoms with Gasteiger partial charge in [-0.3, -0.25) is 0 Å². The summed E-state index contributed by atoms with van der Waals surface area (Å²) in [4.78, 5) is 0. The third-order valence-electron chi connectivity index (χ3n) is 4.11. The normalized spacial score (nSPS) is 23.4. The Balaban J connectivity index is 1.93.